The van der Waals surface area contributed by atoms with Crippen molar-refractivity contribution >= 4 is 28.1 Å². The lowest BCUT2D eigenvalue weighted by atomic mass is 10.3. The molecule has 3 heterocycles. The zero-order chi connectivity index (χ0) is 17.0. The molecule has 2 aromatic heterocycles. The number of quaternary nitrogens is 1. The van der Waals surface area contributed by atoms with E-state index in [1.807, 2.05) is 24.1 Å². The van der Waals surface area contributed by atoms with Crippen LogP contribution >= 0.6 is 22.9 Å². The largest absolute Gasteiger partial charge is 0.623 e. The molecule has 1 saturated heterocycles. The normalized spacial score (nSPS) is 24.7. The first kappa shape index (κ1) is 17.8. The van der Waals surface area contributed by atoms with Crippen molar-refractivity contribution in [1.29, 1.82) is 0 Å². The van der Waals surface area contributed by atoms with E-state index in [1.54, 1.807) is 6.26 Å². The molecule has 2 unspecified atom stereocenters. The standard InChI is InChI=1S/C15H22ClN5O2S/c1-20-10-13(17-9-12-5-4-8-23-12)21(22,11-20)15-19-18-14(24-15)6-2-3-7-16/h4-5,8,13,17H,2-3,6-7,9-11H2,1H3. The van der Waals surface area contributed by atoms with Gasteiger partial charge in [0.05, 0.1) is 19.4 Å². The Hall–Kier alpha value is -1.03. The number of hydroxylamine groups is 2. The lowest BCUT2D eigenvalue weighted by Gasteiger charge is -2.39. The van der Waals surface area contributed by atoms with E-state index in [1.165, 1.54) is 11.3 Å². The van der Waals surface area contributed by atoms with Crippen molar-refractivity contribution in [1.82, 2.24) is 25.1 Å². The van der Waals surface area contributed by atoms with Gasteiger partial charge in [0, 0.05) is 12.3 Å². The predicted molar refractivity (Wildman–Crippen MR) is 95.6 cm³/mol. The first-order chi connectivity index (χ1) is 11.6. The molecule has 0 amide bonds. The van der Waals surface area contributed by atoms with Crippen molar-refractivity contribution in [3.8, 4) is 0 Å². The molecule has 0 aromatic carbocycles. The Morgan fingerprint density at radius 1 is 1.50 bits per heavy atom. The van der Waals surface area contributed by atoms with E-state index in [0.717, 1.165) is 30.0 Å². The smallest absolute Gasteiger partial charge is 0.309 e. The molecule has 1 aliphatic heterocycles. The number of hydrogen-bond donors (Lipinski definition) is 1. The number of halogens is 1. The molecule has 0 bridgehead atoms. The second-order valence-corrected chi connectivity index (χ2v) is 7.49. The SMILES string of the molecule is CN1CC(NCc2ccco2)[N+]([O-])(c2nnc(CCCCCl)s2)C1. The molecule has 2 aromatic rings. The topological polar surface area (TPSA) is 77.2 Å². The van der Waals surface area contributed by atoms with Crippen molar-refractivity contribution in [2.45, 2.75) is 32.0 Å². The summed E-state index contributed by atoms with van der Waals surface area (Å²) in [6.07, 6.45) is 4.09. The molecule has 0 spiro atoms. The molecular formula is C15H22ClN5O2S. The Balaban J connectivity index is 1.68. The maximum Gasteiger partial charge on any atom is 0.309 e. The highest BCUT2D eigenvalue weighted by Gasteiger charge is 2.42. The number of aromatic nitrogens is 2. The summed E-state index contributed by atoms with van der Waals surface area (Å²) in [6, 6.07) is 3.74. The summed E-state index contributed by atoms with van der Waals surface area (Å²) in [5.41, 5.74) is 0. The maximum atomic E-state index is 13.4. The average Bonchev–Trinajstić information content (AvgIpc) is 3.27. The van der Waals surface area contributed by atoms with Crippen LogP contribution in [0.2, 0.25) is 0 Å². The van der Waals surface area contributed by atoms with E-state index >= 15 is 0 Å². The van der Waals surface area contributed by atoms with Crippen LogP contribution in [-0.4, -0.2) is 47.4 Å². The van der Waals surface area contributed by atoms with Gasteiger partial charge < -0.3 is 9.62 Å². The van der Waals surface area contributed by atoms with Crippen LogP contribution in [0, 0.1) is 5.21 Å². The lowest BCUT2D eigenvalue weighted by molar-refractivity contribution is 0.281. The Labute approximate surface area is 150 Å². The predicted octanol–water partition coefficient (Wildman–Crippen LogP) is 2.52. The molecule has 1 N–H and O–H groups in total. The number of rotatable bonds is 8. The Bertz CT molecular complexity index is 638. The third-order valence-electron chi connectivity index (χ3n) is 4.09. The summed E-state index contributed by atoms with van der Waals surface area (Å²) in [5.74, 6) is 1.46. The number of unbranched alkanes of at least 4 members (excludes halogenated alkanes) is 1. The average molecular weight is 372 g/mol. The minimum atomic E-state index is -0.510. The van der Waals surface area contributed by atoms with Gasteiger partial charge >= 0.3 is 5.13 Å². The second kappa shape index (κ2) is 7.90. The van der Waals surface area contributed by atoms with Crippen molar-refractivity contribution in [3.05, 3.63) is 34.4 Å². The summed E-state index contributed by atoms with van der Waals surface area (Å²) in [6.45, 7) is 1.55. The molecule has 3 rings (SSSR count). The van der Waals surface area contributed by atoms with Gasteiger partial charge in [0.15, 0.2) is 6.17 Å². The number of nitrogens with zero attached hydrogens (tertiary/aromatic N) is 4. The summed E-state index contributed by atoms with van der Waals surface area (Å²) in [5, 5.41) is 26.5. The Morgan fingerprint density at radius 3 is 3.12 bits per heavy atom. The van der Waals surface area contributed by atoms with Crippen LogP contribution in [0.4, 0.5) is 5.13 Å². The maximum absolute atomic E-state index is 13.4. The molecule has 1 fully saturated rings. The summed E-state index contributed by atoms with van der Waals surface area (Å²) in [4.78, 5) is 2.02. The highest BCUT2D eigenvalue weighted by Crippen LogP contribution is 2.32. The molecule has 24 heavy (non-hydrogen) atoms. The minimum absolute atomic E-state index is 0.288. The molecule has 0 radical (unpaired) electrons. The fourth-order valence-corrected chi connectivity index (χ4v) is 4.00. The molecule has 7 nitrogen and oxygen atoms in total. The van der Waals surface area contributed by atoms with Crippen LogP contribution in [0.3, 0.4) is 0 Å². The highest BCUT2D eigenvalue weighted by atomic mass is 35.5. The van der Waals surface area contributed by atoms with Gasteiger partial charge in [-0.05, 0) is 43.4 Å². The monoisotopic (exact) mass is 371 g/mol. The van der Waals surface area contributed by atoms with Crippen LogP contribution in [-0.2, 0) is 13.0 Å². The van der Waals surface area contributed by atoms with Gasteiger partial charge in [0.1, 0.15) is 17.4 Å². The Kier molecular flexibility index (Phi) is 5.85. The highest BCUT2D eigenvalue weighted by molar-refractivity contribution is 7.15. The van der Waals surface area contributed by atoms with Crippen LogP contribution in [0.1, 0.15) is 23.6 Å². The first-order valence-corrected chi connectivity index (χ1v) is 9.39. The van der Waals surface area contributed by atoms with Crippen molar-refractivity contribution < 1.29 is 4.42 Å². The zero-order valence-electron chi connectivity index (χ0n) is 13.7. The summed E-state index contributed by atoms with van der Waals surface area (Å²) in [7, 11) is 1.95. The van der Waals surface area contributed by atoms with E-state index in [4.69, 9.17) is 16.0 Å². The van der Waals surface area contributed by atoms with Gasteiger partial charge in [-0.1, -0.05) is 5.10 Å². The third kappa shape index (κ3) is 3.96. The van der Waals surface area contributed by atoms with E-state index in [0.29, 0.717) is 30.8 Å². The molecule has 132 valence electrons. The lowest BCUT2D eigenvalue weighted by Crippen LogP contribution is -2.55. The molecule has 0 aliphatic carbocycles. The van der Waals surface area contributed by atoms with Gasteiger partial charge in [-0.25, -0.2) is 0 Å². The number of likely N-dealkylation sites (N-methyl/N-ethyl adjacent to an activating group) is 1. The van der Waals surface area contributed by atoms with Gasteiger partial charge in [-0.15, -0.1) is 16.7 Å². The molecule has 1 aliphatic rings. The third-order valence-corrected chi connectivity index (χ3v) is 5.45. The molecule has 0 saturated carbocycles. The van der Waals surface area contributed by atoms with Crippen LogP contribution < -0.4 is 9.96 Å². The van der Waals surface area contributed by atoms with E-state index in [-0.39, 0.29) is 6.17 Å². The minimum Gasteiger partial charge on any atom is -0.623 e. The molecular weight excluding hydrogens is 350 g/mol. The number of nitrogens with one attached hydrogen (secondary N) is 1. The number of alkyl halides is 1. The number of aryl methyl sites for hydroxylation is 1. The van der Waals surface area contributed by atoms with E-state index in [9.17, 15) is 5.21 Å². The van der Waals surface area contributed by atoms with Gasteiger partial charge in [-0.2, -0.15) is 0 Å². The summed E-state index contributed by atoms with van der Waals surface area (Å²) < 4.78 is 4.82. The Morgan fingerprint density at radius 2 is 2.38 bits per heavy atom. The van der Waals surface area contributed by atoms with Crippen LogP contribution in [0.5, 0.6) is 0 Å². The van der Waals surface area contributed by atoms with E-state index < -0.39 is 4.65 Å². The van der Waals surface area contributed by atoms with Gasteiger partial charge in [0.25, 0.3) is 0 Å². The van der Waals surface area contributed by atoms with E-state index in [2.05, 4.69) is 15.5 Å². The van der Waals surface area contributed by atoms with Gasteiger partial charge in [-0.3, -0.25) is 14.9 Å². The number of hydrogen-bond acceptors (Lipinski definition) is 7. The first-order valence-electron chi connectivity index (χ1n) is 8.04. The van der Waals surface area contributed by atoms with Crippen molar-refractivity contribution in [2.75, 3.05) is 26.1 Å². The number of furan rings is 1. The fraction of sp³-hybridized carbons (Fsp3) is 0.600. The van der Waals surface area contributed by atoms with Gasteiger partial charge in [0.2, 0.25) is 0 Å². The molecule has 2 atom stereocenters. The second-order valence-electron chi connectivity index (χ2n) is 6.08. The van der Waals surface area contributed by atoms with Crippen LogP contribution in [0.15, 0.2) is 22.8 Å². The van der Waals surface area contributed by atoms with Crippen LogP contribution in [0.25, 0.3) is 0 Å². The fourth-order valence-electron chi connectivity index (χ4n) is 2.85. The quantitative estimate of drug-likeness (QED) is 0.332. The van der Waals surface area contributed by atoms with Crippen molar-refractivity contribution in [3.63, 3.8) is 0 Å². The zero-order valence-corrected chi connectivity index (χ0v) is 15.2. The molecule has 9 heteroatoms. The van der Waals surface area contributed by atoms with Crippen molar-refractivity contribution in [2.24, 2.45) is 0 Å². The summed E-state index contributed by atoms with van der Waals surface area (Å²) >= 11 is 7.12.